The fourth-order valence-electron chi connectivity index (χ4n) is 4.40. The van der Waals surface area contributed by atoms with E-state index in [0.29, 0.717) is 17.7 Å². The fourth-order valence-corrected chi connectivity index (χ4v) is 5.83. The highest BCUT2D eigenvalue weighted by Crippen LogP contribution is 2.40. The number of hydrogen-bond acceptors (Lipinski definition) is 6. The van der Waals surface area contributed by atoms with Gasteiger partial charge in [-0.2, -0.15) is 23.1 Å². The molecule has 161 valence electrons. The Morgan fingerprint density at radius 2 is 2.00 bits per heavy atom. The highest BCUT2D eigenvalue weighted by Gasteiger charge is 2.67. The molecule has 2 aliphatic heterocycles. The van der Waals surface area contributed by atoms with Gasteiger partial charge in [0.25, 0.3) is 11.8 Å². The Bertz CT molecular complexity index is 995. The van der Waals surface area contributed by atoms with Crippen LogP contribution in [-0.2, 0) is 20.1 Å². The smallest absolute Gasteiger partial charge is 0.255 e. The maximum Gasteiger partial charge on any atom is 0.255 e. The van der Waals surface area contributed by atoms with E-state index in [2.05, 4.69) is 0 Å². The molecule has 2 unspecified atom stereocenters. The minimum Gasteiger partial charge on any atom is -0.367 e. The Morgan fingerprint density at radius 1 is 1.23 bits per heavy atom. The van der Waals surface area contributed by atoms with Gasteiger partial charge in [-0.15, -0.1) is 0 Å². The zero-order valence-electron chi connectivity index (χ0n) is 16.7. The van der Waals surface area contributed by atoms with Crippen LogP contribution < -0.4 is 5.73 Å². The number of primary amides is 1. The fraction of sp³-hybridized carbons (Fsp3) is 0.318. The van der Waals surface area contributed by atoms with E-state index in [1.807, 2.05) is 30.3 Å². The van der Waals surface area contributed by atoms with Crippen molar-refractivity contribution >= 4 is 46.6 Å². The van der Waals surface area contributed by atoms with Crippen molar-refractivity contribution in [3.05, 3.63) is 64.7 Å². The molecule has 2 atom stereocenters. The number of thioether (sulfide) groups is 1. The van der Waals surface area contributed by atoms with Crippen LogP contribution in [0.3, 0.4) is 0 Å². The predicted molar refractivity (Wildman–Crippen MR) is 119 cm³/mol. The molecule has 2 aliphatic rings. The summed E-state index contributed by atoms with van der Waals surface area (Å²) < 4.78 is 0. The first-order valence-corrected chi connectivity index (χ1v) is 12.0. The van der Waals surface area contributed by atoms with Crippen molar-refractivity contribution in [1.29, 1.82) is 0 Å². The molecule has 2 N–H and O–H groups in total. The minimum atomic E-state index is -1.79. The predicted octanol–water partition coefficient (Wildman–Crippen LogP) is 1.74. The molecule has 1 aromatic carbocycles. The van der Waals surface area contributed by atoms with E-state index >= 15 is 0 Å². The third-order valence-electron chi connectivity index (χ3n) is 5.81. The number of carbonyl (C=O) groups excluding carboxylic acids is 4. The van der Waals surface area contributed by atoms with E-state index in [4.69, 9.17) is 5.73 Å². The van der Waals surface area contributed by atoms with Crippen molar-refractivity contribution in [2.45, 2.75) is 23.8 Å². The summed E-state index contributed by atoms with van der Waals surface area (Å²) in [6.07, 6.45) is 1.82. The second-order valence-electron chi connectivity index (χ2n) is 7.50. The van der Waals surface area contributed by atoms with Gasteiger partial charge in [-0.25, -0.2) is 0 Å². The molecule has 3 heterocycles. The van der Waals surface area contributed by atoms with Crippen LogP contribution in [0.5, 0.6) is 0 Å². The number of nitrogens with zero attached hydrogens (tertiary/aromatic N) is 2. The van der Waals surface area contributed by atoms with Crippen LogP contribution in [-0.4, -0.2) is 63.7 Å². The third-order valence-corrected chi connectivity index (χ3v) is 7.43. The highest BCUT2D eigenvalue weighted by molar-refractivity contribution is 7.98. The average Bonchev–Trinajstić information content (AvgIpc) is 3.48. The van der Waals surface area contributed by atoms with Gasteiger partial charge in [-0.05, 0) is 23.4 Å². The van der Waals surface area contributed by atoms with E-state index in [1.54, 1.807) is 28.6 Å². The lowest BCUT2D eigenvalue weighted by molar-refractivity contribution is -0.147. The zero-order chi connectivity index (χ0) is 22.0. The van der Waals surface area contributed by atoms with Crippen molar-refractivity contribution < 1.29 is 19.2 Å². The summed E-state index contributed by atoms with van der Waals surface area (Å²) in [5.41, 5.74) is 5.52. The van der Waals surface area contributed by atoms with E-state index in [-0.39, 0.29) is 19.0 Å². The quantitative estimate of drug-likeness (QED) is 0.505. The van der Waals surface area contributed by atoms with Gasteiger partial charge in [-0.1, -0.05) is 30.3 Å². The summed E-state index contributed by atoms with van der Waals surface area (Å²) in [6, 6.07) is 10.8. The van der Waals surface area contributed by atoms with Gasteiger partial charge in [-0.3, -0.25) is 19.2 Å². The Morgan fingerprint density at radius 3 is 2.68 bits per heavy atom. The second-order valence-corrected chi connectivity index (χ2v) is 9.31. The first-order chi connectivity index (χ1) is 15.0. The summed E-state index contributed by atoms with van der Waals surface area (Å²) in [6.45, 7) is -0.0275. The Hall–Kier alpha value is -2.65. The SMILES string of the molecule is NC(=O)C12C(=O)CN(C(=O)c3ccsc3)C1CCN2C(=O)[CH]CSCc1ccccc1. The van der Waals surface area contributed by atoms with E-state index in [1.165, 1.54) is 27.6 Å². The number of ketones is 1. The van der Waals surface area contributed by atoms with Crippen LogP contribution in [0.2, 0.25) is 0 Å². The molecule has 0 spiro atoms. The van der Waals surface area contributed by atoms with Gasteiger partial charge < -0.3 is 15.5 Å². The zero-order valence-corrected chi connectivity index (χ0v) is 18.4. The Labute approximate surface area is 188 Å². The second kappa shape index (κ2) is 8.84. The van der Waals surface area contributed by atoms with Gasteiger partial charge in [0.05, 0.1) is 24.6 Å². The number of fused-ring (bicyclic) bond motifs is 1. The number of benzene rings is 1. The summed E-state index contributed by atoms with van der Waals surface area (Å²) in [7, 11) is 0. The van der Waals surface area contributed by atoms with Crippen molar-refractivity contribution in [3.63, 3.8) is 0 Å². The maximum atomic E-state index is 13.0. The lowest BCUT2D eigenvalue weighted by atomic mass is 9.88. The first-order valence-electron chi connectivity index (χ1n) is 9.89. The molecule has 7 nitrogen and oxygen atoms in total. The molecule has 2 aromatic rings. The summed E-state index contributed by atoms with van der Waals surface area (Å²) in [4.78, 5) is 54.1. The van der Waals surface area contributed by atoms with Gasteiger partial charge in [0.1, 0.15) is 0 Å². The van der Waals surface area contributed by atoms with Gasteiger partial charge in [0.2, 0.25) is 11.4 Å². The van der Waals surface area contributed by atoms with Crippen LogP contribution in [0.25, 0.3) is 0 Å². The van der Waals surface area contributed by atoms with Crippen molar-refractivity contribution in [1.82, 2.24) is 9.80 Å². The lowest BCUT2D eigenvalue weighted by Crippen LogP contribution is -2.64. The number of amides is 3. The molecule has 1 radical (unpaired) electrons. The van der Waals surface area contributed by atoms with E-state index < -0.39 is 29.2 Å². The molecule has 0 saturated carbocycles. The summed E-state index contributed by atoms with van der Waals surface area (Å²) in [5.74, 6) is -0.908. The number of likely N-dealkylation sites (tertiary alicyclic amines) is 2. The van der Waals surface area contributed by atoms with Crippen LogP contribution in [0, 0.1) is 6.42 Å². The van der Waals surface area contributed by atoms with Crippen molar-refractivity contribution in [2.75, 3.05) is 18.8 Å². The van der Waals surface area contributed by atoms with Crippen molar-refractivity contribution in [3.8, 4) is 0 Å². The molecule has 2 saturated heterocycles. The molecule has 3 amide bonds. The normalized spacial score (nSPS) is 22.6. The van der Waals surface area contributed by atoms with E-state index in [9.17, 15) is 19.2 Å². The number of nitrogens with two attached hydrogens (primary N) is 1. The number of carbonyl (C=O) groups is 4. The number of rotatable bonds is 7. The first kappa shape index (κ1) is 21.6. The largest absolute Gasteiger partial charge is 0.367 e. The molecule has 0 aliphatic carbocycles. The van der Waals surface area contributed by atoms with Crippen molar-refractivity contribution in [2.24, 2.45) is 5.73 Å². The highest BCUT2D eigenvalue weighted by atomic mass is 32.2. The van der Waals surface area contributed by atoms with Crippen LogP contribution in [0.15, 0.2) is 47.2 Å². The molecule has 1 aromatic heterocycles. The minimum absolute atomic E-state index is 0.200. The third kappa shape index (κ3) is 3.76. The Balaban J connectivity index is 1.46. The molecule has 9 heteroatoms. The van der Waals surface area contributed by atoms with Gasteiger partial charge in [0.15, 0.2) is 5.78 Å². The number of hydrogen-bond donors (Lipinski definition) is 1. The number of thiophene rings is 1. The molecule has 31 heavy (non-hydrogen) atoms. The summed E-state index contributed by atoms with van der Waals surface area (Å²) >= 11 is 2.94. The Kier molecular flexibility index (Phi) is 6.15. The lowest BCUT2D eigenvalue weighted by Gasteiger charge is -2.34. The molecular formula is C22H22N3O4S2. The molecule has 4 rings (SSSR count). The van der Waals surface area contributed by atoms with Crippen LogP contribution >= 0.6 is 23.1 Å². The average molecular weight is 457 g/mol. The van der Waals surface area contributed by atoms with Crippen LogP contribution in [0.4, 0.5) is 0 Å². The summed E-state index contributed by atoms with van der Waals surface area (Å²) in [5, 5.41) is 3.48. The van der Waals surface area contributed by atoms with Crippen LogP contribution in [0.1, 0.15) is 22.3 Å². The maximum absolute atomic E-state index is 13.0. The monoisotopic (exact) mass is 456 g/mol. The van der Waals surface area contributed by atoms with E-state index in [0.717, 1.165) is 11.3 Å². The van der Waals surface area contributed by atoms with Gasteiger partial charge >= 0.3 is 0 Å². The molecule has 0 bridgehead atoms. The molecule has 2 fully saturated rings. The standard InChI is InChI=1S/C22H22N3O4S2/c23-21(29)22-17(24(12-18(22)26)20(28)16-7-10-31-14-16)6-9-25(22)19(27)8-11-30-13-15-4-2-1-3-5-15/h1-5,7-8,10,14,17H,6,9,11-13H2,(H2,23,29). The van der Waals surface area contributed by atoms with Gasteiger partial charge in [0, 0.05) is 23.4 Å². The molecular weight excluding hydrogens is 434 g/mol. The topological polar surface area (TPSA) is 101 Å². The number of Topliss-reactive ketones (excluding diaryl/α,β-unsaturated/α-hetero) is 1.